The van der Waals surface area contributed by atoms with E-state index in [1.807, 2.05) is 13.8 Å². The SMILES string of the molecule is CC(=O)OC(C)CC(C)N(C)C(C)=O. The van der Waals surface area contributed by atoms with Gasteiger partial charge in [0.2, 0.25) is 5.91 Å². The average Bonchev–Trinajstić information content (AvgIpc) is 2.00. The van der Waals surface area contributed by atoms with Crippen LogP contribution in [0.3, 0.4) is 0 Å². The second kappa shape index (κ2) is 5.62. The van der Waals surface area contributed by atoms with Crippen LogP contribution in [0.1, 0.15) is 34.1 Å². The normalized spacial score (nSPS) is 14.4. The van der Waals surface area contributed by atoms with Crippen molar-refractivity contribution < 1.29 is 14.3 Å². The number of hydrogen-bond acceptors (Lipinski definition) is 3. The van der Waals surface area contributed by atoms with Crippen LogP contribution in [0.25, 0.3) is 0 Å². The molecule has 2 unspecified atom stereocenters. The van der Waals surface area contributed by atoms with Gasteiger partial charge in [-0.1, -0.05) is 0 Å². The van der Waals surface area contributed by atoms with E-state index in [2.05, 4.69) is 0 Å². The molecule has 0 aromatic heterocycles. The Morgan fingerprint density at radius 3 is 2.14 bits per heavy atom. The fourth-order valence-electron chi connectivity index (χ4n) is 1.28. The molecule has 0 aromatic rings. The summed E-state index contributed by atoms with van der Waals surface area (Å²) in [4.78, 5) is 23.3. The Morgan fingerprint density at radius 1 is 1.29 bits per heavy atom. The minimum Gasteiger partial charge on any atom is -0.463 e. The number of ether oxygens (including phenoxy) is 1. The van der Waals surface area contributed by atoms with Gasteiger partial charge in [0.05, 0.1) is 0 Å². The zero-order valence-corrected chi connectivity index (χ0v) is 9.53. The van der Waals surface area contributed by atoms with Crippen LogP contribution in [-0.2, 0) is 14.3 Å². The molecule has 0 bridgehead atoms. The summed E-state index contributed by atoms with van der Waals surface area (Å²) in [5.74, 6) is -0.261. The van der Waals surface area contributed by atoms with E-state index in [0.717, 1.165) is 0 Å². The molecule has 0 N–H and O–H groups in total. The molecule has 0 aliphatic heterocycles. The van der Waals surface area contributed by atoms with Crippen LogP contribution in [0.15, 0.2) is 0 Å². The maximum absolute atomic E-state index is 11.0. The molecule has 0 radical (unpaired) electrons. The summed E-state index contributed by atoms with van der Waals surface area (Å²) < 4.78 is 4.97. The third kappa shape index (κ3) is 4.84. The largest absolute Gasteiger partial charge is 0.463 e. The summed E-state index contributed by atoms with van der Waals surface area (Å²) in [6.07, 6.45) is 0.514. The number of amides is 1. The minimum atomic E-state index is -0.282. The molecule has 0 fully saturated rings. The highest BCUT2D eigenvalue weighted by Crippen LogP contribution is 2.07. The third-order valence-electron chi connectivity index (χ3n) is 2.20. The van der Waals surface area contributed by atoms with Gasteiger partial charge in [0.25, 0.3) is 0 Å². The molecule has 2 atom stereocenters. The number of rotatable bonds is 4. The summed E-state index contributed by atoms with van der Waals surface area (Å²) in [5, 5.41) is 0. The lowest BCUT2D eigenvalue weighted by Crippen LogP contribution is -2.36. The first kappa shape index (κ1) is 12.9. The first-order valence-corrected chi connectivity index (χ1v) is 4.75. The fraction of sp³-hybridized carbons (Fsp3) is 0.800. The van der Waals surface area contributed by atoms with E-state index >= 15 is 0 Å². The van der Waals surface area contributed by atoms with E-state index in [0.29, 0.717) is 6.42 Å². The van der Waals surface area contributed by atoms with E-state index in [4.69, 9.17) is 4.74 Å². The van der Waals surface area contributed by atoms with E-state index in [1.165, 1.54) is 13.8 Å². The van der Waals surface area contributed by atoms with Crippen molar-refractivity contribution in [3.63, 3.8) is 0 Å². The predicted octanol–water partition coefficient (Wildman–Crippen LogP) is 1.19. The Morgan fingerprint density at radius 2 is 1.79 bits per heavy atom. The number of hydrogen-bond donors (Lipinski definition) is 0. The molecule has 0 saturated carbocycles. The predicted molar refractivity (Wildman–Crippen MR) is 53.8 cm³/mol. The number of nitrogens with zero attached hydrogens (tertiary/aromatic N) is 1. The van der Waals surface area contributed by atoms with Gasteiger partial charge < -0.3 is 9.64 Å². The Hall–Kier alpha value is -1.06. The van der Waals surface area contributed by atoms with Crippen LogP contribution in [0.5, 0.6) is 0 Å². The van der Waals surface area contributed by atoms with Gasteiger partial charge in [0.1, 0.15) is 6.10 Å². The van der Waals surface area contributed by atoms with Crippen LogP contribution in [0.2, 0.25) is 0 Å². The van der Waals surface area contributed by atoms with Crippen molar-refractivity contribution in [2.24, 2.45) is 0 Å². The maximum atomic E-state index is 11.0. The summed E-state index contributed by atoms with van der Waals surface area (Å²) in [7, 11) is 1.74. The molecule has 0 rings (SSSR count). The molecule has 0 aliphatic carbocycles. The van der Waals surface area contributed by atoms with Gasteiger partial charge >= 0.3 is 5.97 Å². The highest BCUT2D eigenvalue weighted by atomic mass is 16.5. The van der Waals surface area contributed by atoms with Crippen LogP contribution in [-0.4, -0.2) is 36.0 Å². The molecule has 14 heavy (non-hydrogen) atoms. The first-order chi connectivity index (χ1) is 6.34. The van der Waals surface area contributed by atoms with Gasteiger partial charge in [-0.05, 0) is 13.8 Å². The van der Waals surface area contributed by atoms with Crippen LogP contribution in [0.4, 0.5) is 0 Å². The second-order valence-corrected chi connectivity index (χ2v) is 3.63. The van der Waals surface area contributed by atoms with Crippen molar-refractivity contribution >= 4 is 11.9 Å². The summed E-state index contributed by atoms with van der Waals surface area (Å²) in [6, 6.07) is 0.0850. The lowest BCUT2D eigenvalue weighted by Gasteiger charge is -2.25. The number of carbonyl (C=O) groups excluding carboxylic acids is 2. The van der Waals surface area contributed by atoms with E-state index < -0.39 is 0 Å². The number of esters is 1. The first-order valence-electron chi connectivity index (χ1n) is 4.75. The fourth-order valence-corrected chi connectivity index (χ4v) is 1.28. The lowest BCUT2D eigenvalue weighted by atomic mass is 10.1. The van der Waals surface area contributed by atoms with Gasteiger partial charge in [-0.3, -0.25) is 9.59 Å². The van der Waals surface area contributed by atoms with Crippen LogP contribution < -0.4 is 0 Å². The Balaban J connectivity index is 3.98. The topological polar surface area (TPSA) is 46.6 Å². The summed E-state index contributed by atoms with van der Waals surface area (Å²) >= 11 is 0. The molecule has 4 heteroatoms. The molecule has 0 heterocycles. The molecule has 0 spiro atoms. The Bertz CT molecular complexity index is 215. The zero-order valence-electron chi connectivity index (χ0n) is 9.53. The minimum absolute atomic E-state index is 0.0209. The lowest BCUT2D eigenvalue weighted by molar-refractivity contribution is -0.146. The maximum Gasteiger partial charge on any atom is 0.302 e. The standard InChI is InChI=1S/C10H19NO3/c1-7(11(5)9(3)12)6-8(2)14-10(4)13/h7-8H,6H2,1-5H3. The highest BCUT2D eigenvalue weighted by molar-refractivity contribution is 5.73. The monoisotopic (exact) mass is 201 g/mol. The van der Waals surface area contributed by atoms with Crippen molar-refractivity contribution in [2.45, 2.75) is 46.3 Å². The van der Waals surface area contributed by atoms with Gasteiger partial charge in [-0.25, -0.2) is 0 Å². The molecule has 0 aromatic carbocycles. The molecule has 82 valence electrons. The van der Waals surface area contributed by atoms with Crippen molar-refractivity contribution in [2.75, 3.05) is 7.05 Å². The Labute approximate surface area is 85.2 Å². The van der Waals surface area contributed by atoms with Gasteiger partial charge in [0, 0.05) is 33.4 Å². The van der Waals surface area contributed by atoms with E-state index in [9.17, 15) is 9.59 Å². The molecule has 4 nitrogen and oxygen atoms in total. The highest BCUT2D eigenvalue weighted by Gasteiger charge is 2.16. The van der Waals surface area contributed by atoms with Crippen molar-refractivity contribution in [3.05, 3.63) is 0 Å². The van der Waals surface area contributed by atoms with Gasteiger partial charge in [-0.15, -0.1) is 0 Å². The van der Waals surface area contributed by atoms with E-state index in [-0.39, 0.29) is 24.0 Å². The zero-order chi connectivity index (χ0) is 11.3. The van der Waals surface area contributed by atoms with Gasteiger partial charge in [-0.2, -0.15) is 0 Å². The van der Waals surface area contributed by atoms with E-state index in [1.54, 1.807) is 11.9 Å². The number of carbonyl (C=O) groups is 2. The smallest absolute Gasteiger partial charge is 0.302 e. The van der Waals surface area contributed by atoms with Crippen LogP contribution in [0, 0.1) is 0 Å². The van der Waals surface area contributed by atoms with Crippen molar-refractivity contribution in [3.8, 4) is 0 Å². The second-order valence-electron chi connectivity index (χ2n) is 3.63. The summed E-state index contributed by atoms with van der Waals surface area (Å²) in [6.45, 7) is 6.66. The molecular formula is C10H19NO3. The summed E-state index contributed by atoms with van der Waals surface area (Å²) in [5.41, 5.74) is 0. The molecule has 0 aliphatic rings. The van der Waals surface area contributed by atoms with Crippen molar-refractivity contribution in [1.29, 1.82) is 0 Å². The third-order valence-corrected chi connectivity index (χ3v) is 2.20. The quantitative estimate of drug-likeness (QED) is 0.642. The molecule has 0 saturated heterocycles. The average molecular weight is 201 g/mol. The molecule has 1 amide bonds. The van der Waals surface area contributed by atoms with Gasteiger partial charge in [0.15, 0.2) is 0 Å². The van der Waals surface area contributed by atoms with Crippen LogP contribution >= 0.6 is 0 Å². The Kier molecular flexibility index (Phi) is 5.20. The molecular weight excluding hydrogens is 182 g/mol. The van der Waals surface area contributed by atoms with Crippen molar-refractivity contribution in [1.82, 2.24) is 4.90 Å².